The molecule has 0 aromatic carbocycles. The lowest BCUT2D eigenvalue weighted by Gasteiger charge is -2.33. The summed E-state index contributed by atoms with van der Waals surface area (Å²) in [5, 5.41) is 15.7. The van der Waals surface area contributed by atoms with Gasteiger partial charge in [-0.15, -0.1) is 0 Å². The highest BCUT2D eigenvalue weighted by Crippen LogP contribution is 2.25. The van der Waals surface area contributed by atoms with Crippen molar-refractivity contribution in [2.45, 2.75) is 31.5 Å². The molecule has 3 N–H and O–H groups in total. The van der Waals surface area contributed by atoms with Crippen molar-refractivity contribution in [2.75, 3.05) is 26.7 Å². The average Bonchev–Trinajstić information content (AvgIpc) is 3.26. The summed E-state index contributed by atoms with van der Waals surface area (Å²) in [4.78, 5) is 18.9. The second kappa shape index (κ2) is 9.20. The van der Waals surface area contributed by atoms with Gasteiger partial charge < -0.3 is 25.0 Å². The van der Waals surface area contributed by atoms with E-state index in [0.717, 1.165) is 60.3 Å². The normalized spacial score (nSPS) is 16.6. The number of nitrogens with one attached hydrogen (secondary N) is 2. The van der Waals surface area contributed by atoms with Crippen LogP contribution in [0.5, 0.6) is 5.88 Å². The SMILES string of the molecule is COc1ccc2nccc([C@@H](O)CN3CCC(NCc4cc5cccnc5[nH]4)CC3)c2n1. The number of aromatic amines is 1. The number of methoxy groups -OCH3 is 1. The number of β-amino-alcohol motifs (C(OH)–C–C–N with tert-alkyl or cyclic N) is 1. The number of hydrogen-bond donors (Lipinski definition) is 3. The predicted molar refractivity (Wildman–Crippen MR) is 123 cm³/mol. The number of likely N-dealkylation sites (tertiary alicyclic amines) is 1. The first-order chi connectivity index (χ1) is 15.7. The van der Waals surface area contributed by atoms with Crippen molar-refractivity contribution in [3.8, 4) is 5.88 Å². The molecule has 1 fully saturated rings. The van der Waals surface area contributed by atoms with Crippen molar-refractivity contribution >= 4 is 22.1 Å². The smallest absolute Gasteiger partial charge is 0.213 e. The lowest BCUT2D eigenvalue weighted by molar-refractivity contribution is 0.0947. The van der Waals surface area contributed by atoms with Crippen molar-refractivity contribution in [2.24, 2.45) is 0 Å². The number of H-pyrrole nitrogens is 1. The molecule has 1 saturated heterocycles. The van der Waals surface area contributed by atoms with Gasteiger partial charge in [0.2, 0.25) is 5.88 Å². The van der Waals surface area contributed by atoms with E-state index in [2.05, 4.69) is 42.3 Å². The van der Waals surface area contributed by atoms with Crippen LogP contribution >= 0.6 is 0 Å². The summed E-state index contributed by atoms with van der Waals surface area (Å²) in [6.45, 7) is 3.28. The maximum Gasteiger partial charge on any atom is 0.213 e. The van der Waals surface area contributed by atoms with E-state index >= 15 is 0 Å². The number of ether oxygens (including phenoxy) is 1. The fourth-order valence-corrected chi connectivity index (χ4v) is 4.44. The monoisotopic (exact) mass is 432 g/mol. The van der Waals surface area contributed by atoms with Gasteiger partial charge in [0.25, 0.3) is 0 Å². The molecule has 4 aromatic heterocycles. The van der Waals surface area contributed by atoms with E-state index in [9.17, 15) is 5.11 Å². The lowest BCUT2D eigenvalue weighted by atomic mass is 10.0. The topological polar surface area (TPSA) is 99.2 Å². The Morgan fingerprint density at radius 3 is 2.88 bits per heavy atom. The standard InChI is InChI=1S/C24H28N6O2/c1-32-22-5-4-20-23(29-22)19(6-10-25-20)21(31)15-30-11-7-17(8-12-30)27-14-18-13-16-3-2-9-26-24(16)28-18/h2-6,9-10,13,17,21,27,31H,7-8,11-12,14-15H2,1H3,(H,26,28)/t21-/m0/s1. The van der Waals surface area contributed by atoms with E-state index in [4.69, 9.17) is 4.74 Å². The molecule has 1 aliphatic heterocycles. The molecule has 0 unspecified atom stereocenters. The Morgan fingerprint density at radius 2 is 2.06 bits per heavy atom. The second-order valence-corrected chi connectivity index (χ2v) is 8.33. The number of aromatic nitrogens is 4. The highest BCUT2D eigenvalue weighted by Gasteiger charge is 2.23. The summed E-state index contributed by atoms with van der Waals surface area (Å²) < 4.78 is 5.25. The molecule has 1 atom stereocenters. The van der Waals surface area contributed by atoms with Crippen molar-refractivity contribution in [1.82, 2.24) is 30.2 Å². The van der Waals surface area contributed by atoms with Crippen LogP contribution in [0.15, 0.2) is 48.8 Å². The van der Waals surface area contributed by atoms with Gasteiger partial charge in [0.1, 0.15) is 5.65 Å². The Labute approximate surface area is 186 Å². The van der Waals surface area contributed by atoms with Gasteiger partial charge in [0.05, 0.1) is 24.2 Å². The van der Waals surface area contributed by atoms with E-state index in [1.807, 2.05) is 24.4 Å². The molecule has 166 valence electrons. The number of hydrogen-bond acceptors (Lipinski definition) is 7. The van der Waals surface area contributed by atoms with Crippen LogP contribution in [0.25, 0.3) is 22.1 Å². The molecular formula is C24H28N6O2. The molecule has 8 heteroatoms. The minimum Gasteiger partial charge on any atom is -0.481 e. The van der Waals surface area contributed by atoms with Crippen molar-refractivity contribution in [3.63, 3.8) is 0 Å². The lowest BCUT2D eigenvalue weighted by Crippen LogP contribution is -2.43. The van der Waals surface area contributed by atoms with Crippen LogP contribution in [0.1, 0.15) is 30.2 Å². The van der Waals surface area contributed by atoms with Crippen LogP contribution in [0.4, 0.5) is 0 Å². The van der Waals surface area contributed by atoms with Crippen molar-refractivity contribution in [3.05, 3.63) is 60.0 Å². The summed E-state index contributed by atoms with van der Waals surface area (Å²) in [6, 6.07) is 12.2. The molecule has 8 nitrogen and oxygen atoms in total. The number of pyridine rings is 3. The van der Waals surface area contributed by atoms with Gasteiger partial charge in [-0.25, -0.2) is 9.97 Å². The maximum absolute atomic E-state index is 10.9. The van der Waals surface area contributed by atoms with Gasteiger partial charge in [-0.3, -0.25) is 4.98 Å². The molecule has 0 aliphatic carbocycles. The average molecular weight is 433 g/mol. The zero-order chi connectivity index (χ0) is 21.9. The third kappa shape index (κ3) is 4.43. The summed E-state index contributed by atoms with van der Waals surface area (Å²) in [5.74, 6) is 0.525. The Bertz CT molecular complexity index is 1170. The molecule has 5 heterocycles. The van der Waals surface area contributed by atoms with E-state index in [0.29, 0.717) is 24.0 Å². The highest BCUT2D eigenvalue weighted by atomic mass is 16.5. The molecule has 0 saturated carbocycles. The number of fused-ring (bicyclic) bond motifs is 2. The first-order valence-electron chi connectivity index (χ1n) is 11.1. The number of aliphatic hydroxyl groups excluding tert-OH is 1. The zero-order valence-corrected chi connectivity index (χ0v) is 18.2. The van der Waals surface area contributed by atoms with Gasteiger partial charge in [0, 0.05) is 54.2 Å². The van der Waals surface area contributed by atoms with Gasteiger partial charge in [0.15, 0.2) is 0 Å². The molecule has 0 spiro atoms. The van der Waals surface area contributed by atoms with Gasteiger partial charge in [-0.05, 0) is 56.3 Å². The van der Waals surface area contributed by atoms with Crippen LogP contribution in [0, 0.1) is 0 Å². The van der Waals surface area contributed by atoms with Crippen LogP contribution < -0.4 is 10.1 Å². The molecule has 32 heavy (non-hydrogen) atoms. The van der Waals surface area contributed by atoms with Crippen LogP contribution in [0.3, 0.4) is 0 Å². The molecule has 5 rings (SSSR count). The van der Waals surface area contributed by atoms with Crippen LogP contribution in [-0.2, 0) is 6.54 Å². The Morgan fingerprint density at radius 1 is 1.19 bits per heavy atom. The number of rotatable bonds is 7. The third-order valence-electron chi connectivity index (χ3n) is 6.21. The minimum atomic E-state index is -0.622. The van der Waals surface area contributed by atoms with Crippen LogP contribution in [-0.4, -0.2) is 62.7 Å². The maximum atomic E-state index is 10.9. The minimum absolute atomic E-state index is 0.468. The van der Waals surface area contributed by atoms with Crippen molar-refractivity contribution in [1.29, 1.82) is 0 Å². The summed E-state index contributed by atoms with van der Waals surface area (Å²) >= 11 is 0. The summed E-state index contributed by atoms with van der Waals surface area (Å²) in [7, 11) is 1.59. The predicted octanol–water partition coefficient (Wildman–Crippen LogP) is 2.80. The number of piperidine rings is 1. The Balaban J connectivity index is 1.16. The van der Waals surface area contributed by atoms with Gasteiger partial charge >= 0.3 is 0 Å². The van der Waals surface area contributed by atoms with Gasteiger partial charge in [-0.1, -0.05) is 0 Å². The zero-order valence-electron chi connectivity index (χ0n) is 18.2. The van der Waals surface area contributed by atoms with Crippen molar-refractivity contribution < 1.29 is 9.84 Å². The largest absolute Gasteiger partial charge is 0.481 e. The third-order valence-corrected chi connectivity index (χ3v) is 6.21. The van der Waals surface area contributed by atoms with E-state index in [1.165, 1.54) is 0 Å². The summed E-state index contributed by atoms with van der Waals surface area (Å²) in [5.41, 5.74) is 4.34. The number of nitrogens with zero attached hydrogens (tertiary/aromatic N) is 4. The molecule has 4 aromatic rings. The fraction of sp³-hybridized carbons (Fsp3) is 0.375. The molecule has 1 aliphatic rings. The Hall–Kier alpha value is -3.07. The first kappa shape index (κ1) is 20.8. The number of aliphatic hydroxyl groups is 1. The van der Waals surface area contributed by atoms with E-state index in [-0.39, 0.29) is 0 Å². The first-order valence-corrected chi connectivity index (χ1v) is 11.1. The highest BCUT2D eigenvalue weighted by molar-refractivity contribution is 5.78. The molecule has 0 radical (unpaired) electrons. The molecule has 0 bridgehead atoms. The quantitative estimate of drug-likeness (QED) is 0.413. The van der Waals surface area contributed by atoms with E-state index in [1.54, 1.807) is 19.4 Å². The summed E-state index contributed by atoms with van der Waals surface area (Å²) in [6.07, 6.45) is 5.01. The fourth-order valence-electron chi connectivity index (χ4n) is 4.44. The van der Waals surface area contributed by atoms with Crippen LogP contribution in [0.2, 0.25) is 0 Å². The Kier molecular flexibility index (Phi) is 5.98. The van der Waals surface area contributed by atoms with E-state index < -0.39 is 6.10 Å². The van der Waals surface area contributed by atoms with Gasteiger partial charge in [-0.2, -0.15) is 0 Å². The molecular weight excluding hydrogens is 404 g/mol. The molecule has 0 amide bonds. The second-order valence-electron chi connectivity index (χ2n) is 8.33.